The number of aryl methyl sites for hydroxylation is 1. The zero-order valence-electron chi connectivity index (χ0n) is 15.4. The van der Waals surface area contributed by atoms with Gasteiger partial charge in [0.15, 0.2) is 11.6 Å². The van der Waals surface area contributed by atoms with Gasteiger partial charge in [0, 0.05) is 36.8 Å². The fourth-order valence-electron chi connectivity index (χ4n) is 3.28. The normalized spacial score (nSPS) is 17.7. The number of nitrogens with zero attached hydrogens (tertiary/aromatic N) is 5. The molecule has 0 amide bonds. The molecule has 1 aromatic carbocycles. The molecular formula is C19H18FN7O. The second-order valence-electron chi connectivity index (χ2n) is 7.02. The van der Waals surface area contributed by atoms with E-state index in [2.05, 4.69) is 31.8 Å². The van der Waals surface area contributed by atoms with Crippen molar-refractivity contribution >= 4 is 17.5 Å². The third-order valence-corrected chi connectivity index (χ3v) is 4.88. The number of anilines is 3. The van der Waals surface area contributed by atoms with Gasteiger partial charge in [0.2, 0.25) is 5.95 Å². The van der Waals surface area contributed by atoms with Gasteiger partial charge in [0.25, 0.3) is 0 Å². The summed E-state index contributed by atoms with van der Waals surface area (Å²) in [5.41, 5.74) is 1.77. The Kier molecular flexibility index (Phi) is 4.20. The van der Waals surface area contributed by atoms with Crippen LogP contribution in [0.2, 0.25) is 0 Å². The monoisotopic (exact) mass is 379 g/mol. The van der Waals surface area contributed by atoms with Crippen LogP contribution in [0.4, 0.5) is 21.8 Å². The van der Waals surface area contributed by atoms with Gasteiger partial charge in [0.05, 0.1) is 24.1 Å². The minimum Gasteiger partial charge on any atom is -0.395 e. The molecule has 0 bridgehead atoms. The first-order valence-corrected chi connectivity index (χ1v) is 8.66. The Bertz CT molecular complexity index is 1100. The van der Waals surface area contributed by atoms with E-state index >= 15 is 0 Å². The zero-order valence-corrected chi connectivity index (χ0v) is 15.4. The molecule has 1 atom stereocenters. The SMILES string of the molecule is Cn1ccc(Nc2ncc(F)c(-c3cc(C#N)c4c(c3)C(C)(CO)CN4)n2)n1. The van der Waals surface area contributed by atoms with Crippen LogP contribution in [-0.4, -0.2) is 38.0 Å². The summed E-state index contributed by atoms with van der Waals surface area (Å²) >= 11 is 0. The quantitative estimate of drug-likeness (QED) is 0.638. The second-order valence-corrected chi connectivity index (χ2v) is 7.02. The first-order chi connectivity index (χ1) is 13.4. The Morgan fingerprint density at radius 1 is 1.46 bits per heavy atom. The number of aliphatic hydroxyl groups excluding tert-OH is 1. The highest BCUT2D eigenvalue weighted by molar-refractivity contribution is 5.76. The molecule has 1 aliphatic heterocycles. The fraction of sp³-hybridized carbons (Fsp3) is 0.263. The predicted molar refractivity (Wildman–Crippen MR) is 102 cm³/mol. The number of rotatable bonds is 4. The van der Waals surface area contributed by atoms with E-state index in [1.165, 1.54) is 0 Å². The lowest BCUT2D eigenvalue weighted by atomic mass is 9.83. The van der Waals surface area contributed by atoms with Gasteiger partial charge in [-0.3, -0.25) is 4.68 Å². The van der Waals surface area contributed by atoms with Crippen molar-refractivity contribution in [2.45, 2.75) is 12.3 Å². The number of nitriles is 1. The number of aliphatic hydroxyl groups is 1. The van der Waals surface area contributed by atoms with Crippen LogP contribution in [0.5, 0.6) is 0 Å². The molecule has 28 heavy (non-hydrogen) atoms. The predicted octanol–water partition coefficient (Wildman–Crippen LogP) is 2.31. The van der Waals surface area contributed by atoms with E-state index in [1.807, 2.05) is 6.92 Å². The first-order valence-electron chi connectivity index (χ1n) is 8.66. The lowest BCUT2D eigenvalue weighted by Crippen LogP contribution is -2.28. The van der Waals surface area contributed by atoms with Gasteiger partial charge >= 0.3 is 0 Å². The van der Waals surface area contributed by atoms with Gasteiger partial charge in [0.1, 0.15) is 11.8 Å². The summed E-state index contributed by atoms with van der Waals surface area (Å²) in [7, 11) is 1.78. The third kappa shape index (κ3) is 2.93. The van der Waals surface area contributed by atoms with Crippen LogP contribution in [0.1, 0.15) is 18.1 Å². The molecule has 0 radical (unpaired) electrons. The van der Waals surface area contributed by atoms with E-state index in [1.54, 1.807) is 36.1 Å². The van der Waals surface area contributed by atoms with Gasteiger partial charge < -0.3 is 15.7 Å². The van der Waals surface area contributed by atoms with E-state index < -0.39 is 11.2 Å². The average Bonchev–Trinajstić information content (AvgIpc) is 3.26. The highest BCUT2D eigenvalue weighted by atomic mass is 19.1. The minimum absolute atomic E-state index is 0.0694. The van der Waals surface area contributed by atoms with E-state index in [0.29, 0.717) is 29.2 Å². The van der Waals surface area contributed by atoms with E-state index in [-0.39, 0.29) is 18.2 Å². The lowest BCUT2D eigenvalue weighted by molar-refractivity contribution is 0.219. The third-order valence-electron chi connectivity index (χ3n) is 4.88. The zero-order chi connectivity index (χ0) is 19.9. The molecule has 0 aliphatic carbocycles. The standard InChI is InChI=1S/C19H18FN7O/c1-19(10-28)9-23-16-12(7-21)5-11(6-13(16)19)17-14(20)8-22-18(25-17)24-15-3-4-27(2)26-15/h3-6,8,23,28H,9-10H2,1-2H3,(H,22,24,25,26). The van der Waals surface area contributed by atoms with Gasteiger partial charge in [-0.2, -0.15) is 10.4 Å². The summed E-state index contributed by atoms with van der Waals surface area (Å²) in [5, 5.41) is 29.6. The summed E-state index contributed by atoms with van der Waals surface area (Å²) < 4.78 is 16.2. The second kappa shape index (κ2) is 6.58. The number of fused-ring (bicyclic) bond motifs is 1. The van der Waals surface area contributed by atoms with Crippen LogP contribution < -0.4 is 10.6 Å². The summed E-state index contributed by atoms with van der Waals surface area (Å²) in [6, 6.07) is 7.24. The van der Waals surface area contributed by atoms with Gasteiger partial charge in [-0.25, -0.2) is 14.4 Å². The topological polar surface area (TPSA) is 112 Å². The molecule has 2 aromatic heterocycles. The molecule has 1 aliphatic rings. The Morgan fingerprint density at radius 3 is 2.96 bits per heavy atom. The molecule has 3 heterocycles. The van der Waals surface area contributed by atoms with Crippen LogP contribution >= 0.6 is 0 Å². The van der Waals surface area contributed by atoms with Crippen LogP contribution in [0, 0.1) is 17.1 Å². The van der Waals surface area contributed by atoms with Crippen molar-refractivity contribution in [1.82, 2.24) is 19.7 Å². The number of hydrogen-bond acceptors (Lipinski definition) is 7. The fourth-order valence-corrected chi connectivity index (χ4v) is 3.28. The maximum Gasteiger partial charge on any atom is 0.229 e. The number of aromatic nitrogens is 4. The summed E-state index contributed by atoms with van der Waals surface area (Å²) in [6.45, 7) is 2.29. The van der Waals surface area contributed by atoms with Crippen LogP contribution in [0.3, 0.4) is 0 Å². The molecule has 142 valence electrons. The number of nitrogens with one attached hydrogen (secondary N) is 2. The maximum absolute atomic E-state index is 14.5. The smallest absolute Gasteiger partial charge is 0.229 e. The molecule has 3 aromatic rings. The number of halogens is 1. The molecule has 3 N–H and O–H groups in total. The lowest BCUT2D eigenvalue weighted by Gasteiger charge is -2.21. The Morgan fingerprint density at radius 2 is 2.29 bits per heavy atom. The highest BCUT2D eigenvalue weighted by Crippen LogP contribution is 2.41. The largest absolute Gasteiger partial charge is 0.395 e. The van der Waals surface area contributed by atoms with Crippen LogP contribution in [0.25, 0.3) is 11.3 Å². The summed E-state index contributed by atoms with van der Waals surface area (Å²) in [6.07, 6.45) is 2.84. The van der Waals surface area contributed by atoms with Gasteiger partial charge in [-0.1, -0.05) is 6.92 Å². The van der Waals surface area contributed by atoms with Crippen molar-refractivity contribution in [3.8, 4) is 17.3 Å². The first kappa shape index (κ1) is 17.9. The molecule has 0 saturated carbocycles. The molecule has 0 fully saturated rings. The highest BCUT2D eigenvalue weighted by Gasteiger charge is 2.36. The Labute approximate surface area is 160 Å². The molecule has 0 spiro atoms. The molecular weight excluding hydrogens is 361 g/mol. The minimum atomic E-state index is -0.605. The van der Waals surface area contributed by atoms with E-state index in [9.17, 15) is 14.8 Å². The van der Waals surface area contributed by atoms with Crippen molar-refractivity contribution in [1.29, 1.82) is 5.26 Å². The number of hydrogen-bond donors (Lipinski definition) is 3. The van der Waals surface area contributed by atoms with Crippen LogP contribution in [-0.2, 0) is 12.5 Å². The van der Waals surface area contributed by atoms with Gasteiger partial charge in [-0.15, -0.1) is 0 Å². The van der Waals surface area contributed by atoms with Crippen molar-refractivity contribution in [2.75, 3.05) is 23.8 Å². The molecule has 9 heteroatoms. The van der Waals surface area contributed by atoms with Crippen LogP contribution in [0.15, 0.2) is 30.6 Å². The number of benzene rings is 1. The van der Waals surface area contributed by atoms with Crippen molar-refractivity contribution in [3.05, 3.63) is 47.5 Å². The molecule has 8 nitrogen and oxygen atoms in total. The summed E-state index contributed by atoms with van der Waals surface area (Å²) in [4.78, 5) is 8.25. The summed E-state index contributed by atoms with van der Waals surface area (Å²) in [5.74, 6) is 0.119. The maximum atomic E-state index is 14.5. The average molecular weight is 379 g/mol. The van der Waals surface area contributed by atoms with Crippen molar-refractivity contribution in [2.24, 2.45) is 7.05 Å². The molecule has 1 unspecified atom stereocenters. The Balaban J connectivity index is 1.80. The van der Waals surface area contributed by atoms with Crippen molar-refractivity contribution in [3.63, 3.8) is 0 Å². The van der Waals surface area contributed by atoms with E-state index in [4.69, 9.17) is 0 Å². The molecule has 4 rings (SSSR count). The van der Waals surface area contributed by atoms with Crippen molar-refractivity contribution < 1.29 is 9.50 Å². The Hall–Kier alpha value is -3.51. The van der Waals surface area contributed by atoms with Gasteiger partial charge in [-0.05, 0) is 17.7 Å². The molecule has 0 saturated heterocycles. The van der Waals surface area contributed by atoms with E-state index in [0.717, 1.165) is 11.8 Å².